The van der Waals surface area contributed by atoms with Crippen LogP contribution in [0.15, 0.2) is 18.2 Å². The van der Waals surface area contributed by atoms with Crippen molar-refractivity contribution < 1.29 is 4.79 Å². The number of nitrogens with two attached hydrogens (primary N) is 1. The summed E-state index contributed by atoms with van der Waals surface area (Å²) < 4.78 is 0. The van der Waals surface area contributed by atoms with Crippen molar-refractivity contribution in [3.8, 4) is 0 Å². The van der Waals surface area contributed by atoms with Crippen LogP contribution in [0.5, 0.6) is 0 Å². The second-order valence-corrected chi connectivity index (χ2v) is 5.55. The van der Waals surface area contributed by atoms with Crippen molar-refractivity contribution in [1.29, 1.82) is 0 Å². The molecule has 0 spiro atoms. The molecule has 0 radical (unpaired) electrons. The van der Waals surface area contributed by atoms with Crippen LogP contribution in [-0.2, 0) is 0 Å². The molecule has 1 saturated heterocycles. The van der Waals surface area contributed by atoms with E-state index in [1.165, 1.54) is 0 Å². The molecule has 98 valence electrons. The number of benzene rings is 1. The van der Waals surface area contributed by atoms with Crippen LogP contribution < -0.4 is 16.0 Å². The third kappa shape index (κ3) is 2.31. The molecule has 1 heterocycles. The van der Waals surface area contributed by atoms with Crippen molar-refractivity contribution >= 4 is 23.2 Å². The van der Waals surface area contributed by atoms with Gasteiger partial charge in [-0.2, -0.15) is 0 Å². The summed E-state index contributed by atoms with van der Waals surface area (Å²) in [6.07, 6.45) is 0. The molecule has 1 fully saturated rings. The minimum Gasteiger partial charge on any atom is -0.365 e. The summed E-state index contributed by atoms with van der Waals surface area (Å²) in [6.45, 7) is 6.83. The fourth-order valence-electron chi connectivity index (χ4n) is 2.41. The molecular weight excluding hydrogens is 250 g/mol. The Morgan fingerprint density at radius 1 is 1.50 bits per heavy atom. The van der Waals surface area contributed by atoms with Gasteiger partial charge in [-0.1, -0.05) is 17.7 Å². The van der Waals surface area contributed by atoms with Crippen LogP contribution in [-0.4, -0.2) is 31.1 Å². The van der Waals surface area contributed by atoms with Gasteiger partial charge in [-0.05, 0) is 26.0 Å². The Labute approximate surface area is 112 Å². The number of halogens is 1. The van der Waals surface area contributed by atoms with E-state index in [0.29, 0.717) is 10.6 Å². The lowest BCUT2D eigenvalue weighted by molar-refractivity contribution is 0.100. The predicted molar refractivity (Wildman–Crippen MR) is 74.3 cm³/mol. The van der Waals surface area contributed by atoms with E-state index in [-0.39, 0.29) is 5.54 Å². The molecule has 1 aromatic rings. The van der Waals surface area contributed by atoms with Crippen LogP contribution in [0.1, 0.15) is 24.2 Å². The number of nitrogens with one attached hydrogen (secondary N) is 1. The lowest BCUT2D eigenvalue weighted by atomic mass is 9.97. The van der Waals surface area contributed by atoms with Crippen molar-refractivity contribution in [3.63, 3.8) is 0 Å². The number of carbonyl (C=O) groups is 1. The summed E-state index contributed by atoms with van der Waals surface area (Å²) in [5.74, 6) is -0.482. The minimum atomic E-state index is -0.482. The zero-order chi connectivity index (χ0) is 13.3. The molecule has 18 heavy (non-hydrogen) atoms. The highest BCUT2D eigenvalue weighted by Gasteiger charge is 2.32. The lowest BCUT2D eigenvalue weighted by Gasteiger charge is -2.45. The van der Waals surface area contributed by atoms with Crippen molar-refractivity contribution in [1.82, 2.24) is 5.32 Å². The molecule has 0 aromatic heterocycles. The summed E-state index contributed by atoms with van der Waals surface area (Å²) in [7, 11) is 0. The maximum Gasteiger partial charge on any atom is 0.252 e. The smallest absolute Gasteiger partial charge is 0.252 e. The standard InChI is InChI=1S/C13H18ClN3O/c1-13(2)8-16-6-7-17(13)10-5-3-4-9(14)11(10)12(15)18/h3-5,16H,6-8H2,1-2H3,(H2,15,18). The average Bonchev–Trinajstić information content (AvgIpc) is 2.27. The molecule has 2 rings (SSSR count). The monoisotopic (exact) mass is 267 g/mol. The summed E-state index contributed by atoms with van der Waals surface area (Å²) in [4.78, 5) is 13.8. The topological polar surface area (TPSA) is 58.4 Å². The van der Waals surface area contributed by atoms with Gasteiger partial charge in [0, 0.05) is 25.2 Å². The zero-order valence-electron chi connectivity index (χ0n) is 10.7. The van der Waals surface area contributed by atoms with Crippen LogP contribution in [0.25, 0.3) is 0 Å². The summed E-state index contributed by atoms with van der Waals surface area (Å²) in [6, 6.07) is 5.45. The van der Waals surface area contributed by atoms with Crippen LogP contribution in [0.3, 0.4) is 0 Å². The van der Waals surface area contributed by atoms with Crippen molar-refractivity contribution in [2.24, 2.45) is 5.73 Å². The highest BCUT2D eigenvalue weighted by molar-refractivity contribution is 6.34. The van der Waals surface area contributed by atoms with Crippen LogP contribution in [0.2, 0.25) is 5.02 Å². The normalized spacial score (nSPS) is 18.7. The van der Waals surface area contributed by atoms with Gasteiger partial charge < -0.3 is 16.0 Å². The van der Waals surface area contributed by atoms with Gasteiger partial charge in [-0.3, -0.25) is 4.79 Å². The fourth-order valence-corrected chi connectivity index (χ4v) is 2.67. The van der Waals surface area contributed by atoms with Crippen molar-refractivity contribution in [3.05, 3.63) is 28.8 Å². The molecule has 1 amide bonds. The largest absolute Gasteiger partial charge is 0.365 e. The molecule has 1 aromatic carbocycles. The van der Waals surface area contributed by atoms with E-state index in [9.17, 15) is 4.79 Å². The molecule has 0 aliphatic carbocycles. The summed E-state index contributed by atoms with van der Waals surface area (Å²) in [5.41, 5.74) is 6.60. The van der Waals surface area contributed by atoms with Crippen molar-refractivity contribution in [2.75, 3.05) is 24.5 Å². The Kier molecular flexibility index (Phi) is 3.50. The van der Waals surface area contributed by atoms with E-state index in [4.69, 9.17) is 17.3 Å². The van der Waals surface area contributed by atoms with Gasteiger partial charge in [0.25, 0.3) is 5.91 Å². The fraction of sp³-hybridized carbons (Fsp3) is 0.462. The molecule has 5 heteroatoms. The first-order chi connectivity index (χ1) is 8.43. The number of carbonyl (C=O) groups excluding carboxylic acids is 1. The van der Waals surface area contributed by atoms with E-state index in [1.807, 2.05) is 12.1 Å². The number of amides is 1. The van der Waals surface area contributed by atoms with Gasteiger partial charge in [0.1, 0.15) is 0 Å². The number of rotatable bonds is 2. The summed E-state index contributed by atoms with van der Waals surface area (Å²) >= 11 is 6.09. The second kappa shape index (κ2) is 4.78. The molecule has 0 saturated carbocycles. The molecular formula is C13H18ClN3O. The second-order valence-electron chi connectivity index (χ2n) is 5.14. The number of hydrogen-bond acceptors (Lipinski definition) is 3. The predicted octanol–water partition coefficient (Wildman–Crippen LogP) is 1.63. The Bertz CT molecular complexity index is 473. The first-order valence-electron chi connectivity index (χ1n) is 6.00. The molecule has 3 N–H and O–H groups in total. The highest BCUT2D eigenvalue weighted by Crippen LogP contribution is 2.32. The third-order valence-electron chi connectivity index (χ3n) is 3.33. The SMILES string of the molecule is CC1(C)CNCCN1c1cccc(Cl)c1C(N)=O. The highest BCUT2D eigenvalue weighted by atomic mass is 35.5. The number of primary amides is 1. The van der Waals surface area contributed by atoms with Crippen LogP contribution >= 0.6 is 11.6 Å². The maximum absolute atomic E-state index is 11.6. The molecule has 1 aliphatic rings. The van der Waals surface area contributed by atoms with E-state index in [2.05, 4.69) is 24.1 Å². The maximum atomic E-state index is 11.6. The van der Waals surface area contributed by atoms with Gasteiger partial charge in [-0.15, -0.1) is 0 Å². The zero-order valence-corrected chi connectivity index (χ0v) is 11.4. The average molecular weight is 268 g/mol. The Balaban J connectivity index is 2.50. The van der Waals surface area contributed by atoms with E-state index < -0.39 is 5.91 Å². The Morgan fingerprint density at radius 3 is 2.83 bits per heavy atom. The number of nitrogens with zero attached hydrogens (tertiary/aromatic N) is 1. The summed E-state index contributed by atoms with van der Waals surface area (Å²) in [5, 5.41) is 3.76. The molecule has 1 aliphatic heterocycles. The molecule has 0 unspecified atom stereocenters. The number of anilines is 1. The van der Waals surface area contributed by atoms with E-state index in [1.54, 1.807) is 6.07 Å². The number of hydrogen-bond donors (Lipinski definition) is 2. The van der Waals surface area contributed by atoms with E-state index in [0.717, 1.165) is 25.3 Å². The molecule has 0 bridgehead atoms. The van der Waals surface area contributed by atoms with Crippen LogP contribution in [0, 0.1) is 0 Å². The van der Waals surface area contributed by atoms with Crippen molar-refractivity contribution in [2.45, 2.75) is 19.4 Å². The Morgan fingerprint density at radius 2 is 2.22 bits per heavy atom. The third-order valence-corrected chi connectivity index (χ3v) is 3.64. The lowest BCUT2D eigenvalue weighted by Crippen LogP contribution is -2.58. The van der Waals surface area contributed by atoms with E-state index >= 15 is 0 Å². The van der Waals surface area contributed by atoms with Gasteiger partial charge in [-0.25, -0.2) is 0 Å². The molecule has 0 atom stereocenters. The first kappa shape index (κ1) is 13.2. The number of piperazine rings is 1. The molecule has 4 nitrogen and oxygen atoms in total. The van der Waals surface area contributed by atoms with Gasteiger partial charge in [0.05, 0.1) is 16.3 Å². The quantitative estimate of drug-likeness (QED) is 0.856. The van der Waals surface area contributed by atoms with Gasteiger partial charge in [0.2, 0.25) is 0 Å². The van der Waals surface area contributed by atoms with Gasteiger partial charge >= 0.3 is 0 Å². The van der Waals surface area contributed by atoms with Crippen LogP contribution in [0.4, 0.5) is 5.69 Å². The van der Waals surface area contributed by atoms with Gasteiger partial charge in [0.15, 0.2) is 0 Å². The minimum absolute atomic E-state index is 0.0763. The first-order valence-corrected chi connectivity index (χ1v) is 6.38. The Hall–Kier alpha value is -1.26.